The monoisotopic (exact) mass is 534 g/mol. The first-order valence-corrected chi connectivity index (χ1v) is 10.6. The Hall–Kier alpha value is -1.03. The van der Waals surface area contributed by atoms with E-state index in [1.54, 1.807) is 0 Å². The second-order valence-electron chi connectivity index (χ2n) is 6.53. The van der Waals surface area contributed by atoms with Crippen molar-refractivity contribution >= 4 is 57.9 Å². The van der Waals surface area contributed by atoms with E-state index in [0.29, 0.717) is 19.3 Å². The summed E-state index contributed by atoms with van der Waals surface area (Å²) in [4.78, 5) is 6.79. The lowest BCUT2D eigenvalue weighted by Crippen LogP contribution is -2.49. The summed E-state index contributed by atoms with van der Waals surface area (Å²) in [6.45, 7) is 4.10. The molecule has 2 aromatic rings. The van der Waals surface area contributed by atoms with Crippen LogP contribution in [0.25, 0.3) is 0 Å². The van der Waals surface area contributed by atoms with E-state index in [-0.39, 0.29) is 24.0 Å². The van der Waals surface area contributed by atoms with Gasteiger partial charge in [0.2, 0.25) is 0 Å². The number of aliphatic imine (C=N–C) groups is 1. The summed E-state index contributed by atoms with van der Waals surface area (Å²) in [6, 6.07) is 12.5. The molecule has 1 aromatic carbocycles. The van der Waals surface area contributed by atoms with Crippen molar-refractivity contribution in [1.29, 1.82) is 0 Å². The summed E-state index contributed by atoms with van der Waals surface area (Å²) in [5, 5.41) is 11.1. The van der Waals surface area contributed by atoms with Gasteiger partial charge in [-0.1, -0.05) is 23.7 Å². The molecule has 1 aliphatic rings. The summed E-state index contributed by atoms with van der Waals surface area (Å²) >= 11 is 7.70. The molecule has 154 valence electrons. The van der Waals surface area contributed by atoms with Gasteiger partial charge in [-0.15, -0.1) is 35.3 Å². The zero-order chi connectivity index (χ0) is 18.9. The summed E-state index contributed by atoms with van der Waals surface area (Å²) in [6.07, 6.45) is 2.23. The van der Waals surface area contributed by atoms with Gasteiger partial charge in [0, 0.05) is 37.7 Å². The van der Waals surface area contributed by atoms with Gasteiger partial charge in [0.1, 0.15) is 0 Å². The van der Waals surface area contributed by atoms with Crippen molar-refractivity contribution in [2.75, 3.05) is 38.2 Å². The quantitative estimate of drug-likeness (QED) is 0.240. The smallest absolute Gasteiger partial charge is 0.191 e. The molecule has 0 amide bonds. The lowest BCUT2D eigenvalue weighted by molar-refractivity contribution is 0.125. The van der Waals surface area contributed by atoms with Crippen LogP contribution in [0.4, 0.5) is 5.00 Å². The SMILES string of the molecule is CN=C(NCCOCc1ccc(Cl)cc1)NC1CCN(c2cccs2)CC1.I. The van der Waals surface area contributed by atoms with Crippen molar-refractivity contribution < 1.29 is 4.74 Å². The first kappa shape index (κ1) is 23.3. The third-order valence-electron chi connectivity index (χ3n) is 4.60. The minimum Gasteiger partial charge on any atom is -0.375 e. The van der Waals surface area contributed by atoms with Gasteiger partial charge in [0.25, 0.3) is 0 Å². The van der Waals surface area contributed by atoms with Crippen LogP contribution in [0.3, 0.4) is 0 Å². The van der Waals surface area contributed by atoms with E-state index in [4.69, 9.17) is 16.3 Å². The molecule has 0 bridgehead atoms. The second kappa shape index (κ2) is 12.5. The van der Waals surface area contributed by atoms with Crippen LogP contribution in [0.1, 0.15) is 18.4 Å². The Labute approximate surface area is 193 Å². The first-order valence-electron chi connectivity index (χ1n) is 9.32. The number of thiophene rings is 1. The van der Waals surface area contributed by atoms with Crippen molar-refractivity contribution in [1.82, 2.24) is 10.6 Å². The number of hydrogen-bond donors (Lipinski definition) is 2. The summed E-state index contributed by atoms with van der Waals surface area (Å²) < 4.78 is 5.71. The highest BCUT2D eigenvalue weighted by atomic mass is 127. The normalized spacial score (nSPS) is 15.2. The average Bonchev–Trinajstić information content (AvgIpc) is 3.23. The number of nitrogens with one attached hydrogen (secondary N) is 2. The number of halogens is 2. The Morgan fingerprint density at radius 2 is 2.00 bits per heavy atom. The molecule has 0 spiro atoms. The van der Waals surface area contributed by atoms with Gasteiger partial charge in [-0.2, -0.15) is 0 Å². The predicted octanol–water partition coefficient (Wildman–Crippen LogP) is 4.37. The molecule has 0 saturated carbocycles. The van der Waals surface area contributed by atoms with E-state index >= 15 is 0 Å². The fraction of sp³-hybridized carbons (Fsp3) is 0.450. The molecule has 3 rings (SSSR count). The number of hydrogen-bond acceptors (Lipinski definition) is 4. The largest absolute Gasteiger partial charge is 0.375 e. The Balaban J connectivity index is 0.00000280. The number of benzene rings is 1. The highest BCUT2D eigenvalue weighted by Gasteiger charge is 2.20. The molecule has 1 saturated heterocycles. The molecule has 8 heteroatoms. The van der Waals surface area contributed by atoms with Crippen molar-refractivity contribution in [2.45, 2.75) is 25.5 Å². The van der Waals surface area contributed by atoms with Crippen LogP contribution in [0.5, 0.6) is 0 Å². The highest BCUT2D eigenvalue weighted by Crippen LogP contribution is 2.24. The summed E-state index contributed by atoms with van der Waals surface area (Å²) in [5.41, 5.74) is 1.12. The van der Waals surface area contributed by atoms with Gasteiger partial charge in [0.05, 0.1) is 18.2 Å². The number of piperidine rings is 1. The third-order valence-corrected chi connectivity index (χ3v) is 5.78. The van der Waals surface area contributed by atoms with E-state index in [9.17, 15) is 0 Å². The molecule has 1 fully saturated rings. The van der Waals surface area contributed by atoms with Crippen LogP contribution in [-0.4, -0.2) is 45.3 Å². The Morgan fingerprint density at radius 1 is 1.25 bits per heavy atom. The fourth-order valence-electron chi connectivity index (χ4n) is 3.09. The molecule has 28 heavy (non-hydrogen) atoms. The highest BCUT2D eigenvalue weighted by molar-refractivity contribution is 14.0. The van der Waals surface area contributed by atoms with Gasteiger partial charge in [0.15, 0.2) is 5.96 Å². The van der Waals surface area contributed by atoms with Crippen LogP contribution in [-0.2, 0) is 11.3 Å². The molecular formula is C20H28ClIN4OS. The predicted molar refractivity (Wildman–Crippen MR) is 131 cm³/mol. The number of nitrogens with zero attached hydrogens (tertiary/aromatic N) is 2. The van der Waals surface area contributed by atoms with Crippen molar-refractivity contribution in [3.05, 3.63) is 52.4 Å². The van der Waals surface area contributed by atoms with Crippen LogP contribution in [0.2, 0.25) is 5.02 Å². The standard InChI is InChI=1S/C20H27ClN4OS.HI/c1-22-20(23-10-13-26-15-16-4-6-17(21)7-5-16)24-18-8-11-25(12-9-18)19-3-2-14-27-19;/h2-7,14,18H,8-13,15H2,1H3,(H2,22,23,24);1H. The van der Waals surface area contributed by atoms with Crippen LogP contribution >= 0.6 is 46.9 Å². The minimum atomic E-state index is 0. The number of rotatable bonds is 7. The molecule has 2 N–H and O–H groups in total. The lowest BCUT2D eigenvalue weighted by Gasteiger charge is -2.33. The topological polar surface area (TPSA) is 48.9 Å². The summed E-state index contributed by atoms with van der Waals surface area (Å²) in [5.74, 6) is 0.847. The molecule has 1 aliphatic heterocycles. The maximum Gasteiger partial charge on any atom is 0.191 e. The number of anilines is 1. The number of guanidine groups is 1. The lowest BCUT2D eigenvalue weighted by atomic mass is 10.1. The Morgan fingerprint density at radius 3 is 2.64 bits per heavy atom. The van der Waals surface area contributed by atoms with E-state index in [0.717, 1.165) is 49.0 Å². The molecule has 2 heterocycles. The average molecular weight is 535 g/mol. The van der Waals surface area contributed by atoms with Crippen molar-refractivity contribution in [3.8, 4) is 0 Å². The van der Waals surface area contributed by atoms with Crippen LogP contribution < -0.4 is 15.5 Å². The maximum absolute atomic E-state index is 5.89. The van der Waals surface area contributed by atoms with E-state index in [1.165, 1.54) is 5.00 Å². The van der Waals surface area contributed by atoms with Crippen LogP contribution in [0.15, 0.2) is 46.8 Å². The fourth-order valence-corrected chi connectivity index (χ4v) is 4.01. The molecule has 0 radical (unpaired) electrons. The molecule has 0 unspecified atom stereocenters. The zero-order valence-electron chi connectivity index (χ0n) is 16.1. The summed E-state index contributed by atoms with van der Waals surface area (Å²) in [7, 11) is 1.81. The maximum atomic E-state index is 5.89. The molecule has 0 atom stereocenters. The van der Waals surface area contributed by atoms with E-state index in [2.05, 4.69) is 38.0 Å². The van der Waals surface area contributed by atoms with Crippen LogP contribution in [0, 0.1) is 0 Å². The van der Waals surface area contributed by atoms with Gasteiger partial charge >= 0.3 is 0 Å². The van der Waals surface area contributed by atoms with Crippen molar-refractivity contribution in [3.63, 3.8) is 0 Å². The Bertz CT molecular complexity index is 704. The first-order chi connectivity index (χ1) is 13.2. The second-order valence-corrected chi connectivity index (χ2v) is 7.90. The van der Waals surface area contributed by atoms with Gasteiger partial charge in [-0.05, 0) is 48.1 Å². The molecular weight excluding hydrogens is 507 g/mol. The molecule has 1 aromatic heterocycles. The Kier molecular flexibility index (Phi) is 10.4. The van der Waals surface area contributed by atoms with Gasteiger partial charge in [-0.3, -0.25) is 4.99 Å². The van der Waals surface area contributed by atoms with E-state index < -0.39 is 0 Å². The van der Waals surface area contributed by atoms with Crippen molar-refractivity contribution in [2.24, 2.45) is 4.99 Å². The van der Waals surface area contributed by atoms with Gasteiger partial charge < -0.3 is 20.3 Å². The van der Waals surface area contributed by atoms with Gasteiger partial charge in [-0.25, -0.2) is 0 Å². The zero-order valence-corrected chi connectivity index (χ0v) is 20.0. The number of ether oxygens (including phenoxy) is 1. The minimum absolute atomic E-state index is 0. The molecule has 5 nitrogen and oxygen atoms in total. The van der Waals surface area contributed by atoms with E-state index in [1.807, 2.05) is 42.6 Å². The third kappa shape index (κ3) is 7.42. The molecule has 0 aliphatic carbocycles.